The summed E-state index contributed by atoms with van der Waals surface area (Å²) in [5, 5.41) is 1.83. The Morgan fingerprint density at radius 1 is 1.00 bits per heavy atom. The van der Waals surface area contributed by atoms with Crippen LogP contribution in [-0.4, -0.2) is 102 Å². The molecule has 3 aliphatic heterocycles. The molecule has 0 aliphatic carbocycles. The monoisotopic (exact) mass is 405 g/mol. The Bertz CT molecular complexity index is 666. The van der Waals surface area contributed by atoms with Crippen LogP contribution in [0.5, 0.6) is 0 Å². The van der Waals surface area contributed by atoms with Gasteiger partial charge in [0.15, 0.2) is 0 Å². The minimum atomic E-state index is 0.0569. The third-order valence-electron chi connectivity index (χ3n) is 6.54. The molecule has 3 aliphatic rings. The van der Waals surface area contributed by atoms with Crippen molar-refractivity contribution in [1.29, 1.82) is 0 Å². The Morgan fingerprint density at radius 2 is 1.75 bits per heavy atom. The second kappa shape index (κ2) is 8.88. The van der Waals surface area contributed by atoms with Crippen molar-refractivity contribution in [3.63, 3.8) is 0 Å². The molecule has 1 unspecified atom stereocenters. The van der Waals surface area contributed by atoms with E-state index < -0.39 is 0 Å². The molecule has 0 radical (unpaired) electrons. The number of rotatable bonds is 3. The van der Waals surface area contributed by atoms with Crippen molar-refractivity contribution in [3.8, 4) is 0 Å². The van der Waals surface area contributed by atoms with Crippen molar-refractivity contribution in [1.82, 2.24) is 24.6 Å². The number of carbonyl (C=O) groups is 2. The van der Waals surface area contributed by atoms with E-state index in [-0.39, 0.29) is 11.8 Å². The van der Waals surface area contributed by atoms with E-state index in [0.717, 1.165) is 78.0 Å². The molecule has 0 spiro atoms. The normalized spacial score (nSPS) is 25.8. The number of aromatic nitrogens is 1. The van der Waals surface area contributed by atoms with Crippen molar-refractivity contribution in [2.45, 2.75) is 31.7 Å². The standard InChI is InChI=1S/C20H31N5O2S/c1-22-9-11-24(12-10-22)19(26)16-3-2-6-25(13-16)17-4-7-23(8-5-17)20(27)18-14-28-15-21-18/h14-17H,2-13H2,1H3. The number of piperazine rings is 1. The molecule has 1 aromatic heterocycles. The maximum atomic E-state index is 13.0. The minimum Gasteiger partial charge on any atom is -0.340 e. The van der Waals surface area contributed by atoms with Gasteiger partial charge in [-0.3, -0.25) is 14.5 Å². The second-order valence-corrected chi connectivity index (χ2v) is 9.08. The van der Waals surface area contributed by atoms with Crippen LogP contribution >= 0.6 is 11.3 Å². The average molecular weight is 406 g/mol. The number of hydrogen-bond acceptors (Lipinski definition) is 6. The van der Waals surface area contributed by atoms with Gasteiger partial charge in [-0.25, -0.2) is 4.98 Å². The summed E-state index contributed by atoms with van der Waals surface area (Å²) >= 11 is 1.46. The molecule has 3 saturated heterocycles. The van der Waals surface area contributed by atoms with Gasteiger partial charge in [0.05, 0.1) is 11.4 Å². The largest absolute Gasteiger partial charge is 0.340 e. The number of hydrogen-bond donors (Lipinski definition) is 0. The zero-order chi connectivity index (χ0) is 19.5. The van der Waals surface area contributed by atoms with E-state index in [9.17, 15) is 9.59 Å². The molecular weight excluding hydrogens is 374 g/mol. The fourth-order valence-corrected chi connectivity index (χ4v) is 5.26. The van der Waals surface area contributed by atoms with E-state index in [4.69, 9.17) is 0 Å². The van der Waals surface area contributed by atoms with Gasteiger partial charge in [-0.15, -0.1) is 11.3 Å². The average Bonchev–Trinajstić information content (AvgIpc) is 3.28. The zero-order valence-corrected chi connectivity index (χ0v) is 17.6. The van der Waals surface area contributed by atoms with Gasteiger partial charge in [-0.1, -0.05) is 0 Å². The highest BCUT2D eigenvalue weighted by atomic mass is 32.1. The van der Waals surface area contributed by atoms with Gasteiger partial charge < -0.3 is 14.7 Å². The smallest absolute Gasteiger partial charge is 0.273 e. The van der Waals surface area contributed by atoms with E-state index in [1.807, 2.05) is 10.3 Å². The van der Waals surface area contributed by atoms with Crippen LogP contribution in [0.25, 0.3) is 0 Å². The molecule has 2 amide bonds. The quantitative estimate of drug-likeness (QED) is 0.757. The first-order chi connectivity index (χ1) is 13.6. The van der Waals surface area contributed by atoms with Crippen molar-refractivity contribution in [3.05, 3.63) is 16.6 Å². The van der Waals surface area contributed by atoms with Crippen LogP contribution in [0.15, 0.2) is 10.9 Å². The first kappa shape index (κ1) is 19.8. The van der Waals surface area contributed by atoms with Crippen LogP contribution in [0, 0.1) is 5.92 Å². The van der Waals surface area contributed by atoms with Crippen LogP contribution in [0.3, 0.4) is 0 Å². The molecule has 8 heteroatoms. The molecule has 4 rings (SSSR count). The summed E-state index contributed by atoms with van der Waals surface area (Å²) in [7, 11) is 2.12. The van der Waals surface area contributed by atoms with E-state index in [1.165, 1.54) is 11.3 Å². The third kappa shape index (κ3) is 4.39. The molecule has 0 N–H and O–H groups in total. The lowest BCUT2D eigenvalue weighted by atomic mass is 9.92. The van der Waals surface area contributed by atoms with Crippen LogP contribution in [-0.2, 0) is 4.79 Å². The molecule has 0 bridgehead atoms. The number of thiazole rings is 1. The highest BCUT2D eigenvalue weighted by Crippen LogP contribution is 2.26. The topological polar surface area (TPSA) is 60.0 Å². The molecule has 4 heterocycles. The number of likely N-dealkylation sites (N-methyl/N-ethyl adjacent to an activating group) is 1. The van der Waals surface area contributed by atoms with Crippen molar-refractivity contribution in [2.75, 3.05) is 59.4 Å². The maximum Gasteiger partial charge on any atom is 0.273 e. The molecule has 154 valence electrons. The predicted molar refractivity (Wildman–Crippen MR) is 109 cm³/mol. The van der Waals surface area contributed by atoms with Gasteiger partial charge in [0, 0.05) is 57.2 Å². The Kier molecular flexibility index (Phi) is 6.28. The molecule has 3 fully saturated rings. The number of likely N-dealkylation sites (tertiary alicyclic amines) is 2. The second-order valence-electron chi connectivity index (χ2n) is 8.36. The highest BCUT2D eigenvalue weighted by molar-refractivity contribution is 7.07. The number of piperidine rings is 2. The predicted octanol–water partition coefficient (Wildman–Crippen LogP) is 1.23. The number of amides is 2. The van der Waals surface area contributed by atoms with Crippen molar-refractivity contribution in [2.24, 2.45) is 5.92 Å². The Hall–Kier alpha value is -1.51. The summed E-state index contributed by atoms with van der Waals surface area (Å²) in [6.07, 6.45) is 4.10. The number of nitrogens with zero attached hydrogens (tertiary/aromatic N) is 5. The van der Waals surface area contributed by atoms with Gasteiger partial charge in [0.2, 0.25) is 5.91 Å². The summed E-state index contributed by atoms with van der Waals surface area (Å²) in [4.78, 5) is 38.4. The van der Waals surface area contributed by atoms with Crippen molar-refractivity contribution >= 4 is 23.2 Å². The summed E-state index contributed by atoms with van der Waals surface area (Å²) < 4.78 is 0. The van der Waals surface area contributed by atoms with E-state index in [0.29, 0.717) is 17.6 Å². The minimum absolute atomic E-state index is 0.0569. The van der Waals surface area contributed by atoms with Gasteiger partial charge in [-0.05, 0) is 39.3 Å². The highest BCUT2D eigenvalue weighted by Gasteiger charge is 2.35. The summed E-state index contributed by atoms with van der Waals surface area (Å²) in [5.41, 5.74) is 2.28. The van der Waals surface area contributed by atoms with Gasteiger partial charge in [0.1, 0.15) is 5.69 Å². The Morgan fingerprint density at radius 3 is 2.43 bits per heavy atom. The van der Waals surface area contributed by atoms with Gasteiger partial charge in [0.25, 0.3) is 5.91 Å². The summed E-state index contributed by atoms with van der Waals surface area (Å²) in [6.45, 7) is 7.23. The SMILES string of the molecule is CN1CCN(C(=O)C2CCCN(C3CCN(C(=O)c4cscn4)CC3)C2)CC1. The molecule has 1 atom stereocenters. The van der Waals surface area contributed by atoms with Gasteiger partial charge in [-0.2, -0.15) is 0 Å². The van der Waals surface area contributed by atoms with Crippen LogP contribution < -0.4 is 0 Å². The third-order valence-corrected chi connectivity index (χ3v) is 7.12. The number of carbonyl (C=O) groups excluding carboxylic acids is 2. The van der Waals surface area contributed by atoms with E-state index >= 15 is 0 Å². The first-order valence-corrected chi connectivity index (χ1v) is 11.4. The van der Waals surface area contributed by atoms with E-state index in [2.05, 4.69) is 26.7 Å². The van der Waals surface area contributed by atoms with Crippen LogP contribution in [0.2, 0.25) is 0 Å². The summed E-state index contributed by atoms with van der Waals surface area (Å²) in [6, 6.07) is 0.488. The Balaban J connectivity index is 1.28. The summed E-state index contributed by atoms with van der Waals surface area (Å²) in [5.74, 6) is 0.558. The molecule has 7 nitrogen and oxygen atoms in total. The molecule has 0 saturated carbocycles. The lowest BCUT2D eigenvalue weighted by molar-refractivity contribution is -0.139. The van der Waals surface area contributed by atoms with Gasteiger partial charge >= 0.3 is 0 Å². The van der Waals surface area contributed by atoms with Crippen molar-refractivity contribution < 1.29 is 9.59 Å². The first-order valence-electron chi connectivity index (χ1n) is 10.5. The Labute approximate surface area is 171 Å². The molecule has 1 aromatic rings. The maximum absolute atomic E-state index is 13.0. The lowest BCUT2D eigenvalue weighted by Gasteiger charge is -2.43. The zero-order valence-electron chi connectivity index (χ0n) is 16.8. The van der Waals surface area contributed by atoms with Crippen LogP contribution in [0.1, 0.15) is 36.2 Å². The van der Waals surface area contributed by atoms with Crippen LogP contribution in [0.4, 0.5) is 0 Å². The lowest BCUT2D eigenvalue weighted by Crippen LogP contribution is -2.54. The molecule has 0 aromatic carbocycles. The fraction of sp³-hybridized carbons (Fsp3) is 0.750. The fourth-order valence-electron chi connectivity index (χ4n) is 4.74. The van der Waals surface area contributed by atoms with E-state index in [1.54, 1.807) is 5.51 Å². The molecular formula is C20H31N5O2S. The molecule has 28 heavy (non-hydrogen) atoms.